The molecule has 0 bridgehead atoms. The molecule has 0 radical (unpaired) electrons. The van der Waals surface area contributed by atoms with Crippen LogP contribution in [0.15, 0.2) is 24.3 Å². The second-order valence-electron chi connectivity index (χ2n) is 7.25. The quantitative estimate of drug-likeness (QED) is 0.707. The van der Waals surface area contributed by atoms with Crippen molar-refractivity contribution in [3.8, 4) is 11.1 Å². The Kier molecular flexibility index (Phi) is 6.71. The molecular formula is C22H30FNO. The van der Waals surface area contributed by atoms with Crippen molar-refractivity contribution in [1.29, 1.82) is 0 Å². The van der Waals surface area contributed by atoms with Gasteiger partial charge < -0.3 is 5.11 Å². The first-order chi connectivity index (χ1) is 11.9. The van der Waals surface area contributed by atoms with E-state index in [0.29, 0.717) is 12.3 Å². The number of nitrogens with zero attached hydrogens (tertiary/aromatic N) is 1. The highest BCUT2D eigenvalue weighted by Crippen LogP contribution is 2.37. The molecular weight excluding hydrogens is 313 g/mol. The first-order valence-electron chi connectivity index (χ1n) is 9.32. The van der Waals surface area contributed by atoms with Crippen LogP contribution in [0, 0.1) is 5.82 Å². The van der Waals surface area contributed by atoms with Gasteiger partial charge in [-0.05, 0) is 59.1 Å². The minimum absolute atomic E-state index is 0.0855. The molecule has 2 nitrogen and oxygen atoms in total. The van der Waals surface area contributed by atoms with E-state index in [0.717, 1.165) is 40.9 Å². The van der Waals surface area contributed by atoms with Crippen LogP contribution in [-0.4, -0.2) is 16.7 Å². The van der Waals surface area contributed by atoms with E-state index in [1.54, 1.807) is 0 Å². The van der Waals surface area contributed by atoms with E-state index in [-0.39, 0.29) is 18.3 Å². The number of aromatic nitrogens is 1. The summed E-state index contributed by atoms with van der Waals surface area (Å²) in [5.74, 6) is 0.363. The first kappa shape index (κ1) is 19.6. The van der Waals surface area contributed by atoms with Crippen LogP contribution >= 0.6 is 0 Å². The van der Waals surface area contributed by atoms with Gasteiger partial charge in [-0.1, -0.05) is 53.2 Å². The highest BCUT2D eigenvalue weighted by Gasteiger charge is 2.22. The van der Waals surface area contributed by atoms with Crippen molar-refractivity contribution in [3.63, 3.8) is 0 Å². The SMILES string of the molecule is CCCc1c(C(C)C)nc(C(C)C)c(CCO)c1-c1ccc(F)cc1. The molecule has 2 aromatic rings. The monoisotopic (exact) mass is 343 g/mol. The normalized spacial score (nSPS) is 11.6. The Morgan fingerprint density at radius 3 is 1.88 bits per heavy atom. The standard InChI is InChI=1S/C22H30FNO/c1-6-7-18-20(16-8-10-17(23)11-9-16)19(12-13-25)22(15(4)5)24-21(18)14(2)3/h8-11,14-15,25H,6-7,12-13H2,1-5H3. The number of rotatable bonds is 7. The second-order valence-corrected chi connectivity index (χ2v) is 7.25. The van der Waals surface area contributed by atoms with Crippen molar-refractivity contribution in [3.05, 3.63) is 52.6 Å². The van der Waals surface area contributed by atoms with Gasteiger partial charge in [0.25, 0.3) is 0 Å². The average Bonchev–Trinajstić information content (AvgIpc) is 2.56. The number of aliphatic hydroxyl groups is 1. The van der Waals surface area contributed by atoms with E-state index >= 15 is 0 Å². The van der Waals surface area contributed by atoms with Gasteiger partial charge in [-0.2, -0.15) is 0 Å². The lowest BCUT2D eigenvalue weighted by Gasteiger charge is -2.24. The van der Waals surface area contributed by atoms with Crippen LogP contribution in [0.4, 0.5) is 4.39 Å². The lowest BCUT2D eigenvalue weighted by Crippen LogP contribution is -2.13. The summed E-state index contributed by atoms with van der Waals surface area (Å²) in [6, 6.07) is 6.72. The second kappa shape index (κ2) is 8.57. The minimum atomic E-state index is -0.230. The van der Waals surface area contributed by atoms with Crippen molar-refractivity contribution in [2.75, 3.05) is 6.61 Å². The molecule has 1 heterocycles. The molecule has 0 unspecified atom stereocenters. The van der Waals surface area contributed by atoms with Gasteiger partial charge in [0.05, 0.1) is 0 Å². The van der Waals surface area contributed by atoms with E-state index in [4.69, 9.17) is 4.98 Å². The van der Waals surface area contributed by atoms with Gasteiger partial charge in [0.15, 0.2) is 0 Å². The van der Waals surface area contributed by atoms with Gasteiger partial charge in [0.1, 0.15) is 5.82 Å². The zero-order valence-corrected chi connectivity index (χ0v) is 16.1. The first-order valence-corrected chi connectivity index (χ1v) is 9.32. The molecule has 25 heavy (non-hydrogen) atoms. The Labute approximate surface area is 151 Å². The molecule has 1 aromatic carbocycles. The molecule has 2 rings (SSSR count). The van der Waals surface area contributed by atoms with Crippen molar-refractivity contribution in [1.82, 2.24) is 4.98 Å². The van der Waals surface area contributed by atoms with Crippen LogP contribution in [0.2, 0.25) is 0 Å². The summed E-state index contributed by atoms with van der Waals surface area (Å²) < 4.78 is 13.5. The molecule has 1 N–H and O–H groups in total. The maximum absolute atomic E-state index is 13.5. The smallest absolute Gasteiger partial charge is 0.123 e. The fourth-order valence-corrected chi connectivity index (χ4v) is 3.49. The molecule has 0 amide bonds. The fraction of sp³-hybridized carbons (Fsp3) is 0.500. The zero-order valence-electron chi connectivity index (χ0n) is 16.1. The summed E-state index contributed by atoms with van der Waals surface area (Å²) in [4.78, 5) is 5.03. The van der Waals surface area contributed by atoms with E-state index in [9.17, 15) is 9.50 Å². The van der Waals surface area contributed by atoms with Gasteiger partial charge in [-0.3, -0.25) is 4.98 Å². The third-order valence-electron chi connectivity index (χ3n) is 4.55. The Hall–Kier alpha value is -1.74. The molecule has 136 valence electrons. The predicted molar refractivity (Wildman–Crippen MR) is 103 cm³/mol. The Balaban J connectivity index is 2.87. The lowest BCUT2D eigenvalue weighted by atomic mass is 9.84. The zero-order chi connectivity index (χ0) is 18.6. The lowest BCUT2D eigenvalue weighted by molar-refractivity contribution is 0.299. The average molecular weight is 343 g/mol. The molecule has 0 spiro atoms. The number of halogens is 1. The highest BCUT2D eigenvalue weighted by atomic mass is 19.1. The molecule has 1 aromatic heterocycles. The van der Waals surface area contributed by atoms with Crippen molar-refractivity contribution in [2.45, 2.75) is 65.7 Å². The minimum Gasteiger partial charge on any atom is -0.396 e. The Morgan fingerprint density at radius 1 is 0.920 bits per heavy atom. The van der Waals surface area contributed by atoms with Gasteiger partial charge in [-0.15, -0.1) is 0 Å². The topological polar surface area (TPSA) is 33.1 Å². The molecule has 0 aliphatic rings. The van der Waals surface area contributed by atoms with Crippen molar-refractivity contribution < 1.29 is 9.50 Å². The van der Waals surface area contributed by atoms with Crippen LogP contribution in [0.5, 0.6) is 0 Å². The van der Waals surface area contributed by atoms with Crippen LogP contribution < -0.4 is 0 Å². The molecule has 0 saturated carbocycles. The Morgan fingerprint density at radius 2 is 1.44 bits per heavy atom. The molecule has 0 fully saturated rings. The maximum atomic E-state index is 13.5. The predicted octanol–water partition coefficient (Wildman–Crippen LogP) is 5.62. The van der Waals surface area contributed by atoms with Gasteiger partial charge in [-0.25, -0.2) is 4.39 Å². The summed E-state index contributed by atoms with van der Waals surface area (Å²) in [6.45, 7) is 10.9. The third-order valence-corrected chi connectivity index (χ3v) is 4.55. The molecule has 3 heteroatoms. The molecule has 0 saturated heterocycles. The summed E-state index contributed by atoms with van der Waals surface area (Å²) in [7, 11) is 0. The van der Waals surface area contributed by atoms with E-state index in [1.807, 2.05) is 12.1 Å². The van der Waals surface area contributed by atoms with Crippen molar-refractivity contribution in [2.24, 2.45) is 0 Å². The van der Waals surface area contributed by atoms with Gasteiger partial charge in [0, 0.05) is 18.0 Å². The number of hydrogen-bond acceptors (Lipinski definition) is 2. The fourth-order valence-electron chi connectivity index (χ4n) is 3.49. The third kappa shape index (κ3) is 4.27. The summed E-state index contributed by atoms with van der Waals surface area (Å²) in [5, 5.41) is 9.65. The van der Waals surface area contributed by atoms with E-state index < -0.39 is 0 Å². The van der Waals surface area contributed by atoms with Crippen LogP contribution in [-0.2, 0) is 12.8 Å². The molecule has 0 aliphatic carbocycles. The van der Waals surface area contributed by atoms with E-state index in [1.165, 1.54) is 17.7 Å². The Bertz CT molecular complexity index is 669. The molecule has 0 atom stereocenters. The summed E-state index contributed by atoms with van der Waals surface area (Å²) in [6.07, 6.45) is 2.53. The van der Waals surface area contributed by atoms with Crippen LogP contribution in [0.1, 0.15) is 75.4 Å². The van der Waals surface area contributed by atoms with E-state index in [2.05, 4.69) is 34.6 Å². The maximum Gasteiger partial charge on any atom is 0.123 e. The van der Waals surface area contributed by atoms with Crippen LogP contribution in [0.25, 0.3) is 11.1 Å². The summed E-state index contributed by atoms with van der Waals surface area (Å²) >= 11 is 0. The largest absolute Gasteiger partial charge is 0.396 e. The number of hydrogen-bond donors (Lipinski definition) is 1. The number of aliphatic hydroxyl groups excluding tert-OH is 1. The van der Waals surface area contributed by atoms with Crippen molar-refractivity contribution >= 4 is 0 Å². The van der Waals surface area contributed by atoms with Gasteiger partial charge in [0.2, 0.25) is 0 Å². The van der Waals surface area contributed by atoms with Crippen LogP contribution in [0.3, 0.4) is 0 Å². The molecule has 0 aliphatic heterocycles. The number of pyridine rings is 1. The summed E-state index contributed by atoms with van der Waals surface area (Å²) in [5.41, 5.74) is 6.70. The number of benzene rings is 1. The highest BCUT2D eigenvalue weighted by molar-refractivity contribution is 5.73. The van der Waals surface area contributed by atoms with Gasteiger partial charge >= 0.3 is 0 Å².